The first-order chi connectivity index (χ1) is 10.1. The van der Waals surface area contributed by atoms with Gasteiger partial charge in [0.1, 0.15) is 5.82 Å². The Balaban J connectivity index is 2.18. The van der Waals surface area contributed by atoms with E-state index in [0.29, 0.717) is 23.8 Å². The van der Waals surface area contributed by atoms with Crippen LogP contribution in [0.25, 0.3) is 0 Å². The third kappa shape index (κ3) is 3.32. The Kier molecular flexibility index (Phi) is 4.77. The molecule has 2 heterocycles. The largest absolute Gasteiger partial charge is 0.435 e. The quantitative estimate of drug-likeness (QED) is 0.887. The van der Waals surface area contributed by atoms with Gasteiger partial charge in [0.2, 0.25) is 5.76 Å². The summed E-state index contributed by atoms with van der Waals surface area (Å²) in [6.07, 6.45) is 6.06. The molecule has 0 saturated heterocycles. The van der Waals surface area contributed by atoms with Gasteiger partial charge >= 0.3 is 0 Å². The van der Waals surface area contributed by atoms with E-state index in [9.17, 15) is 4.79 Å². The molecule has 1 amide bonds. The van der Waals surface area contributed by atoms with Crippen LogP contribution in [-0.2, 0) is 13.5 Å². The Labute approximate surface area is 124 Å². The van der Waals surface area contributed by atoms with Crippen LogP contribution in [0, 0.1) is 6.92 Å². The minimum Gasteiger partial charge on any atom is -0.435 e. The number of hydrogen-bond acceptors (Lipinski definition) is 4. The van der Waals surface area contributed by atoms with Crippen LogP contribution in [0.3, 0.4) is 0 Å². The second-order valence-electron chi connectivity index (χ2n) is 5.09. The Bertz CT molecular complexity index is 615. The molecule has 2 aromatic rings. The zero-order valence-electron chi connectivity index (χ0n) is 13.0. The molecule has 0 saturated carbocycles. The molecular weight excluding hydrogens is 268 g/mol. The summed E-state index contributed by atoms with van der Waals surface area (Å²) in [5.74, 6) is 1.49. The van der Waals surface area contributed by atoms with E-state index in [1.807, 2.05) is 24.7 Å². The maximum absolute atomic E-state index is 12.4. The summed E-state index contributed by atoms with van der Waals surface area (Å²) >= 11 is 0. The Morgan fingerprint density at radius 2 is 2.24 bits per heavy atom. The summed E-state index contributed by atoms with van der Waals surface area (Å²) in [6.45, 7) is 5.81. The third-order valence-electron chi connectivity index (χ3n) is 3.40. The molecule has 0 aromatic carbocycles. The second-order valence-corrected chi connectivity index (χ2v) is 5.09. The van der Waals surface area contributed by atoms with Crippen LogP contribution in [0.2, 0.25) is 0 Å². The minimum atomic E-state index is -0.235. The summed E-state index contributed by atoms with van der Waals surface area (Å²) in [5, 5.41) is 3.00. The van der Waals surface area contributed by atoms with E-state index in [1.165, 1.54) is 0 Å². The van der Waals surface area contributed by atoms with E-state index < -0.39 is 0 Å². The smallest absolute Gasteiger partial charge is 0.289 e. The van der Waals surface area contributed by atoms with Gasteiger partial charge in [-0.25, -0.2) is 9.97 Å². The fourth-order valence-corrected chi connectivity index (χ4v) is 2.31. The summed E-state index contributed by atoms with van der Waals surface area (Å²) in [7, 11) is 1.92. The SMILES string of the molecule is CCC[C@@H](NC(=O)c1oc(CC)nc1C)c1nccn1C. The zero-order valence-corrected chi connectivity index (χ0v) is 13.0. The van der Waals surface area contributed by atoms with Gasteiger partial charge in [0, 0.05) is 25.9 Å². The lowest BCUT2D eigenvalue weighted by Crippen LogP contribution is -2.30. The van der Waals surface area contributed by atoms with Crippen LogP contribution < -0.4 is 5.32 Å². The fourth-order valence-electron chi connectivity index (χ4n) is 2.31. The first kappa shape index (κ1) is 15.3. The highest BCUT2D eigenvalue weighted by Gasteiger charge is 2.22. The lowest BCUT2D eigenvalue weighted by molar-refractivity contribution is 0.0901. The molecule has 2 rings (SSSR count). The van der Waals surface area contributed by atoms with E-state index in [2.05, 4.69) is 22.2 Å². The zero-order chi connectivity index (χ0) is 15.4. The summed E-state index contributed by atoms with van der Waals surface area (Å²) in [5.41, 5.74) is 0.624. The predicted molar refractivity (Wildman–Crippen MR) is 78.9 cm³/mol. The van der Waals surface area contributed by atoms with Gasteiger partial charge in [0.05, 0.1) is 11.7 Å². The van der Waals surface area contributed by atoms with Gasteiger partial charge in [-0.05, 0) is 13.3 Å². The molecule has 0 unspecified atom stereocenters. The van der Waals surface area contributed by atoms with E-state index >= 15 is 0 Å². The molecule has 0 bridgehead atoms. The molecule has 6 nitrogen and oxygen atoms in total. The molecule has 114 valence electrons. The number of hydrogen-bond donors (Lipinski definition) is 1. The Hall–Kier alpha value is -2.11. The highest BCUT2D eigenvalue weighted by Crippen LogP contribution is 2.18. The van der Waals surface area contributed by atoms with E-state index in [0.717, 1.165) is 18.7 Å². The van der Waals surface area contributed by atoms with Gasteiger partial charge in [0.15, 0.2) is 5.89 Å². The second kappa shape index (κ2) is 6.56. The van der Waals surface area contributed by atoms with Gasteiger partial charge in [-0.2, -0.15) is 0 Å². The van der Waals surface area contributed by atoms with Crippen molar-refractivity contribution in [2.45, 2.75) is 46.1 Å². The van der Waals surface area contributed by atoms with E-state index in [4.69, 9.17) is 4.42 Å². The molecule has 6 heteroatoms. The molecule has 21 heavy (non-hydrogen) atoms. The molecule has 2 aromatic heterocycles. The summed E-state index contributed by atoms with van der Waals surface area (Å²) in [4.78, 5) is 21.0. The molecule has 0 aliphatic heterocycles. The molecule has 0 fully saturated rings. The highest BCUT2D eigenvalue weighted by molar-refractivity contribution is 5.92. The van der Waals surface area contributed by atoms with Crippen LogP contribution in [0.4, 0.5) is 0 Å². The van der Waals surface area contributed by atoms with Crippen molar-refractivity contribution < 1.29 is 9.21 Å². The average Bonchev–Trinajstić information content (AvgIpc) is 3.04. The van der Waals surface area contributed by atoms with E-state index in [-0.39, 0.29) is 11.9 Å². The number of nitrogens with zero attached hydrogens (tertiary/aromatic N) is 3. The minimum absolute atomic E-state index is 0.128. The number of aromatic nitrogens is 3. The van der Waals surface area contributed by atoms with Crippen molar-refractivity contribution in [2.24, 2.45) is 7.05 Å². The number of carbonyl (C=O) groups excluding carboxylic acids is 1. The van der Waals surface area contributed by atoms with Crippen molar-refractivity contribution in [3.05, 3.63) is 35.6 Å². The normalized spacial score (nSPS) is 12.4. The first-order valence-corrected chi connectivity index (χ1v) is 7.31. The van der Waals surface area contributed by atoms with Gasteiger partial charge in [0.25, 0.3) is 5.91 Å². The summed E-state index contributed by atoms with van der Waals surface area (Å²) in [6, 6.07) is -0.128. The monoisotopic (exact) mass is 290 g/mol. The number of imidazole rings is 1. The topological polar surface area (TPSA) is 73.0 Å². The van der Waals surface area contributed by atoms with Gasteiger partial charge < -0.3 is 14.3 Å². The summed E-state index contributed by atoms with van der Waals surface area (Å²) < 4.78 is 7.42. The van der Waals surface area contributed by atoms with Crippen molar-refractivity contribution in [2.75, 3.05) is 0 Å². The van der Waals surface area contributed by atoms with Crippen molar-refractivity contribution in [3.8, 4) is 0 Å². The van der Waals surface area contributed by atoms with E-state index in [1.54, 1.807) is 13.1 Å². The molecule has 0 aliphatic carbocycles. The number of nitrogens with one attached hydrogen (secondary N) is 1. The fraction of sp³-hybridized carbons (Fsp3) is 0.533. The van der Waals surface area contributed by atoms with Crippen LogP contribution in [0.15, 0.2) is 16.8 Å². The molecule has 1 N–H and O–H groups in total. The van der Waals surface area contributed by atoms with Crippen molar-refractivity contribution in [1.29, 1.82) is 0 Å². The van der Waals surface area contributed by atoms with Gasteiger partial charge in [-0.15, -0.1) is 0 Å². The number of amides is 1. The predicted octanol–water partition coefficient (Wildman–Crippen LogP) is 2.55. The number of carbonyl (C=O) groups is 1. The molecule has 0 radical (unpaired) electrons. The van der Waals surface area contributed by atoms with Crippen LogP contribution in [-0.4, -0.2) is 20.4 Å². The van der Waals surface area contributed by atoms with Crippen molar-refractivity contribution >= 4 is 5.91 Å². The molecule has 0 aliphatic rings. The highest BCUT2D eigenvalue weighted by atomic mass is 16.4. The maximum atomic E-state index is 12.4. The van der Waals surface area contributed by atoms with Gasteiger partial charge in [-0.3, -0.25) is 4.79 Å². The van der Waals surface area contributed by atoms with Crippen molar-refractivity contribution in [3.63, 3.8) is 0 Å². The lowest BCUT2D eigenvalue weighted by Gasteiger charge is -2.17. The van der Waals surface area contributed by atoms with Gasteiger partial charge in [-0.1, -0.05) is 20.3 Å². The van der Waals surface area contributed by atoms with Crippen LogP contribution in [0.5, 0.6) is 0 Å². The third-order valence-corrected chi connectivity index (χ3v) is 3.40. The standard InChI is InChI=1S/C15H22N4O2/c1-5-7-11(14-16-8-9-19(14)4)18-15(20)13-10(3)17-12(6-2)21-13/h8-9,11H,5-7H2,1-4H3,(H,18,20)/t11-/m1/s1. The van der Waals surface area contributed by atoms with Crippen molar-refractivity contribution in [1.82, 2.24) is 19.9 Å². The number of oxazole rings is 1. The number of aryl methyl sites for hydroxylation is 3. The lowest BCUT2D eigenvalue weighted by atomic mass is 10.1. The Morgan fingerprint density at radius 1 is 1.48 bits per heavy atom. The average molecular weight is 290 g/mol. The van der Waals surface area contributed by atoms with Crippen LogP contribution in [0.1, 0.15) is 60.7 Å². The molecule has 0 spiro atoms. The van der Waals surface area contributed by atoms with Crippen LogP contribution >= 0.6 is 0 Å². The Morgan fingerprint density at radius 3 is 2.76 bits per heavy atom. The maximum Gasteiger partial charge on any atom is 0.289 e. The molecule has 1 atom stereocenters. The molecular formula is C15H22N4O2. The first-order valence-electron chi connectivity index (χ1n) is 7.31. The number of rotatable bonds is 6.